The van der Waals surface area contributed by atoms with Crippen molar-refractivity contribution in [3.8, 4) is 11.8 Å². The van der Waals surface area contributed by atoms with E-state index in [1.807, 2.05) is 0 Å². The van der Waals surface area contributed by atoms with Crippen molar-refractivity contribution < 1.29 is 17.0 Å². The molecule has 1 saturated heterocycles. The number of benzene rings is 1. The van der Waals surface area contributed by atoms with Crippen molar-refractivity contribution in [1.29, 1.82) is 0 Å². The topological polar surface area (TPSA) is 80.5 Å². The molecule has 1 aromatic carbocycles. The number of nitrogens with two attached hydrogens (primary N) is 1. The van der Waals surface area contributed by atoms with Crippen LogP contribution in [-0.4, -0.2) is 48.1 Å². The zero-order chi connectivity index (χ0) is 15.5. The van der Waals surface area contributed by atoms with Gasteiger partial charge in [-0.3, -0.25) is 4.21 Å². The van der Waals surface area contributed by atoms with Crippen LogP contribution in [0.1, 0.15) is 5.56 Å². The molecule has 8 heteroatoms. The van der Waals surface area contributed by atoms with Gasteiger partial charge in [0, 0.05) is 41.0 Å². The summed E-state index contributed by atoms with van der Waals surface area (Å²) in [4.78, 5) is -0.0440. The molecule has 1 aliphatic rings. The van der Waals surface area contributed by atoms with Crippen molar-refractivity contribution in [2.45, 2.75) is 4.90 Å². The number of sulfonamides is 1. The maximum absolute atomic E-state index is 13.3. The third-order valence-corrected chi connectivity index (χ3v) is 6.25. The van der Waals surface area contributed by atoms with Crippen molar-refractivity contribution in [2.75, 3.05) is 31.1 Å². The van der Waals surface area contributed by atoms with Gasteiger partial charge in [0.05, 0.1) is 11.4 Å². The Morgan fingerprint density at radius 1 is 1.33 bits per heavy atom. The van der Waals surface area contributed by atoms with E-state index in [-0.39, 0.29) is 30.1 Å². The van der Waals surface area contributed by atoms with E-state index in [0.717, 1.165) is 12.1 Å². The van der Waals surface area contributed by atoms with Crippen LogP contribution in [0.4, 0.5) is 4.39 Å². The van der Waals surface area contributed by atoms with Crippen molar-refractivity contribution >= 4 is 20.8 Å². The van der Waals surface area contributed by atoms with E-state index in [1.165, 1.54) is 10.4 Å². The summed E-state index contributed by atoms with van der Waals surface area (Å²) in [6, 6.07) is 3.37. The largest absolute Gasteiger partial charge is 0.320 e. The molecule has 1 aromatic rings. The summed E-state index contributed by atoms with van der Waals surface area (Å²) in [6.45, 7) is 0.435. The van der Waals surface area contributed by atoms with Gasteiger partial charge in [-0.05, 0) is 18.2 Å². The minimum absolute atomic E-state index is 0.0440. The Labute approximate surface area is 125 Å². The molecule has 21 heavy (non-hydrogen) atoms. The molecule has 0 amide bonds. The van der Waals surface area contributed by atoms with Crippen molar-refractivity contribution in [3.05, 3.63) is 29.6 Å². The Kier molecular flexibility index (Phi) is 5.11. The molecular formula is C13H15FN2O3S2. The Hall–Kier alpha value is -1.27. The Balaban J connectivity index is 2.42. The number of nitrogens with zero attached hydrogens (tertiary/aromatic N) is 1. The molecule has 0 saturated carbocycles. The van der Waals surface area contributed by atoms with Crippen LogP contribution in [-0.2, 0) is 20.8 Å². The molecule has 1 aliphatic heterocycles. The van der Waals surface area contributed by atoms with E-state index in [9.17, 15) is 17.0 Å². The van der Waals surface area contributed by atoms with Gasteiger partial charge in [0.25, 0.3) is 0 Å². The summed E-state index contributed by atoms with van der Waals surface area (Å²) in [5.41, 5.74) is 5.36. The molecule has 5 nitrogen and oxygen atoms in total. The molecule has 0 spiro atoms. The average molecular weight is 330 g/mol. The van der Waals surface area contributed by atoms with Crippen molar-refractivity contribution in [3.63, 3.8) is 0 Å². The molecule has 0 unspecified atom stereocenters. The SMILES string of the molecule is NCC#Cc1cc(F)ccc1S(=O)(=O)N1CCS(=O)CC1. The van der Waals surface area contributed by atoms with Gasteiger partial charge in [-0.2, -0.15) is 4.31 Å². The summed E-state index contributed by atoms with van der Waals surface area (Å²) in [5, 5.41) is 0. The van der Waals surface area contributed by atoms with Crippen LogP contribution in [0.15, 0.2) is 23.1 Å². The lowest BCUT2D eigenvalue weighted by molar-refractivity contribution is 0.438. The predicted molar refractivity (Wildman–Crippen MR) is 79.0 cm³/mol. The van der Waals surface area contributed by atoms with Crippen LogP contribution in [0.25, 0.3) is 0 Å². The monoisotopic (exact) mass is 330 g/mol. The fourth-order valence-electron chi connectivity index (χ4n) is 1.97. The van der Waals surface area contributed by atoms with Crippen LogP contribution in [0.5, 0.6) is 0 Å². The minimum atomic E-state index is -3.77. The van der Waals surface area contributed by atoms with Crippen molar-refractivity contribution in [1.82, 2.24) is 4.31 Å². The molecule has 0 atom stereocenters. The number of hydrogen-bond acceptors (Lipinski definition) is 4. The highest BCUT2D eigenvalue weighted by Crippen LogP contribution is 2.22. The predicted octanol–water partition coefficient (Wildman–Crippen LogP) is -0.111. The van der Waals surface area contributed by atoms with Crippen LogP contribution >= 0.6 is 0 Å². The van der Waals surface area contributed by atoms with Crippen LogP contribution in [0.2, 0.25) is 0 Å². The first-order chi connectivity index (χ1) is 9.95. The van der Waals surface area contributed by atoms with Gasteiger partial charge >= 0.3 is 0 Å². The maximum Gasteiger partial charge on any atom is 0.244 e. The Bertz CT molecular complexity index is 713. The molecule has 1 heterocycles. The molecule has 0 bridgehead atoms. The molecule has 114 valence electrons. The molecule has 2 N–H and O–H groups in total. The summed E-state index contributed by atoms with van der Waals surface area (Å²) in [6.07, 6.45) is 0. The second-order valence-electron chi connectivity index (χ2n) is 4.40. The van der Waals surface area contributed by atoms with Crippen molar-refractivity contribution in [2.24, 2.45) is 5.73 Å². The fourth-order valence-corrected chi connectivity index (χ4v) is 4.82. The molecule has 2 rings (SSSR count). The first kappa shape index (κ1) is 16.1. The Morgan fingerprint density at radius 3 is 2.62 bits per heavy atom. The van der Waals surface area contributed by atoms with E-state index in [4.69, 9.17) is 5.73 Å². The van der Waals surface area contributed by atoms with Gasteiger partial charge in [0.2, 0.25) is 10.0 Å². The summed E-state index contributed by atoms with van der Waals surface area (Å²) < 4.78 is 51.1. The van der Waals surface area contributed by atoms with E-state index >= 15 is 0 Å². The van der Waals surface area contributed by atoms with Gasteiger partial charge in [0.15, 0.2) is 0 Å². The average Bonchev–Trinajstić information content (AvgIpc) is 2.45. The lowest BCUT2D eigenvalue weighted by Crippen LogP contribution is -2.41. The fraction of sp³-hybridized carbons (Fsp3) is 0.385. The summed E-state index contributed by atoms with van der Waals surface area (Å²) in [5.74, 6) is 5.18. The summed E-state index contributed by atoms with van der Waals surface area (Å²) >= 11 is 0. The highest BCUT2D eigenvalue weighted by atomic mass is 32.2. The van der Waals surface area contributed by atoms with E-state index in [2.05, 4.69) is 11.8 Å². The van der Waals surface area contributed by atoms with Gasteiger partial charge in [-0.25, -0.2) is 12.8 Å². The van der Waals surface area contributed by atoms with E-state index < -0.39 is 26.6 Å². The van der Waals surface area contributed by atoms with Crippen LogP contribution in [0.3, 0.4) is 0 Å². The molecule has 0 aromatic heterocycles. The van der Waals surface area contributed by atoms with Gasteiger partial charge in [-0.1, -0.05) is 11.8 Å². The first-order valence-electron chi connectivity index (χ1n) is 6.29. The third-order valence-electron chi connectivity index (χ3n) is 3.02. The zero-order valence-electron chi connectivity index (χ0n) is 11.2. The second-order valence-corrected chi connectivity index (χ2v) is 8.00. The molecular weight excluding hydrogens is 315 g/mol. The van der Waals surface area contributed by atoms with Crippen LogP contribution in [0, 0.1) is 17.7 Å². The van der Waals surface area contributed by atoms with Crippen LogP contribution < -0.4 is 5.73 Å². The zero-order valence-corrected chi connectivity index (χ0v) is 12.8. The summed E-state index contributed by atoms with van der Waals surface area (Å²) in [7, 11) is -4.75. The quantitative estimate of drug-likeness (QED) is 0.767. The normalized spacial score (nSPS) is 17.2. The van der Waals surface area contributed by atoms with E-state index in [0.29, 0.717) is 11.5 Å². The van der Waals surface area contributed by atoms with Gasteiger partial charge in [-0.15, -0.1) is 0 Å². The van der Waals surface area contributed by atoms with Gasteiger partial charge in [0.1, 0.15) is 5.82 Å². The first-order valence-corrected chi connectivity index (χ1v) is 9.21. The van der Waals surface area contributed by atoms with Gasteiger partial charge < -0.3 is 5.73 Å². The smallest absolute Gasteiger partial charge is 0.244 e. The molecule has 0 radical (unpaired) electrons. The minimum Gasteiger partial charge on any atom is -0.320 e. The number of rotatable bonds is 2. The highest BCUT2D eigenvalue weighted by Gasteiger charge is 2.29. The number of halogens is 1. The number of hydrogen-bond donors (Lipinski definition) is 1. The molecule has 0 aliphatic carbocycles. The maximum atomic E-state index is 13.3. The Morgan fingerprint density at radius 2 is 2.00 bits per heavy atom. The highest BCUT2D eigenvalue weighted by molar-refractivity contribution is 7.89. The lowest BCUT2D eigenvalue weighted by Gasteiger charge is -2.26. The molecule has 1 fully saturated rings. The standard InChI is InChI=1S/C13H15FN2O3S2/c14-12-3-4-13(11(10-12)2-1-5-15)21(18,19)16-6-8-20(17)9-7-16/h3-4,10H,5-9,15H2. The lowest BCUT2D eigenvalue weighted by atomic mass is 10.2. The third kappa shape index (κ3) is 3.68. The second kappa shape index (κ2) is 6.66. The van der Waals surface area contributed by atoms with E-state index in [1.54, 1.807) is 0 Å².